The smallest absolute Gasteiger partial charge is 0.219 e. The van der Waals surface area contributed by atoms with Gasteiger partial charge in [0.05, 0.1) is 13.7 Å². The number of allylic oxidation sites excluding steroid dienone is 2. The van der Waals surface area contributed by atoms with Gasteiger partial charge in [-0.2, -0.15) is 0 Å². The first kappa shape index (κ1) is 27.6. The molecule has 8 heteroatoms. The van der Waals surface area contributed by atoms with Gasteiger partial charge in [0.2, 0.25) is 5.91 Å². The fourth-order valence-corrected chi connectivity index (χ4v) is 4.60. The zero-order valence-corrected chi connectivity index (χ0v) is 22.2. The Kier molecular flexibility index (Phi) is 11.1. The quantitative estimate of drug-likeness (QED) is 0.313. The molecule has 198 valence electrons. The van der Waals surface area contributed by atoms with Crippen molar-refractivity contribution in [2.24, 2.45) is 10.9 Å². The Labute approximate surface area is 216 Å². The predicted octanol–water partition coefficient (Wildman–Crippen LogP) is 4.27. The molecule has 2 aliphatic heterocycles. The Hall–Kier alpha value is -3.00. The van der Waals surface area contributed by atoms with Gasteiger partial charge in [-0.3, -0.25) is 4.79 Å². The van der Waals surface area contributed by atoms with Crippen molar-refractivity contribution in [1.82, 2.24) is 15.1 Å². The topological polar surface area (TPSA) is 78.4 Å². The Morgan fingerprint density at radius 1 is 1.17 bits per heavy atom. The fraction of sp³-hybridized carbons (Fsp3) is 0.571. The van der Waals surface area contributed by atoms with Gasteiger partial charge in [0, 0.05) is 56.8 Å². The molecule has 2 saturated heterocycles. The third-order valence-electron chi connectivity index (χ3n) is 6.81. The molecule has 2 aliphatic rings. The molecule has 0 atom stereocenters. The van der Waals surface area contributed by atoms with Gasteiger partial charge in [-0.15, -0.1) is 0 Å². The Morgan fingerprint density at radius 2 is 1.92 bits per heavy atom. The average molecular weight is 498 g/mol. The highest BCUT2D eigenvalue weighted by Crippen LogP contribution is 2.31. The van der Waals surface area contributed by atoms with Crippen molar-refractivity contribution in [2.45, 2.75) is 46.0 Å². The zero-order valence-electron chi connectivity index (χ0n) is 22.2. The number of carbonyl (C=O) groups excluding carboxylic acids is 1. The van der Waals surface area contributed by atoms with Crippen LogP contribution in [0.25, 0.3) is 0 Å². The molecule has 36 heavy (non-hydrogen) atoms. The molecule has 3 rings (SSSR count). The molecule has 0 aliphatic carbocycles. The maximum absolute atomic E-state index is 11.5. The molecular weight excluding hydrogens is 454 g/mol. The molecule has 8 nitrogen and oxygen atoms in total. The van der Waals surface area contributed by atoms with Gasteiger partial charge in [0.15, 0.2) is 11.5 Å². The van der Waals surface area contributed by atoms with Crippen LogP contribution in [0.1, 0.15) is 46.0 Å². The second-order valence-corrected chi connectivity index (χ2v) is 9.65. The fourth-order valence-electron chi connectivity index (χ4n) is 4.60. The summed E-state index contributed by atoms with van der Waals surface area (Å²) in [5, 5.41) is 6.69. The number of piperidine rings is 1. The first-order chi connectivity index (χ1) is 17.4. The number of benzene rings is 1. The maximum atomic E-state index is 11.5. The molecule has 2 fully saturated rings. The van der Waals surface area contributed by atoms with Crippen molar-refractivity contribution in [3.63, 3.8) is 0 Å². The van der Waals surface area contributed by atoms with Gasteiger partial charge in [0.1, 0.15) is 5.82 Å². The lowest BCUT2D eigenvalue weighted by molar-refractivity contribution is -0.130. The number of aliphatic imine (C=N–C) groups is 1. The standard InChI is InChI=1S/C28H43N5O3/c1-22(30-21-25-11-17-33(18-12-25)24(3)34)10-13-29-23(2)31-26-8-9-27(35-4)28(20-26)36-19-7-16-32-14-5-6-15-32/h8-10,13,20,25,30-31H,2,5-7,11-12,14-19,21H2,1,3-4H3/b22-10+,29-13-. The number of carbonyl (C=O) groups is 1. The molecule has 1 aromatic rings. The lowest BCUT2D eigenvalue weighted by atomic mass is 9.96. The number of hydrogen-bond acceptors (Lipinski definition) is 7. The molecule has 2 N–H and O–H groups in total. The van der Waals surface area contributed by atoms with Crippen LogP contribution in [-0.4, -0.2) is 74.9 Å². The number of methoxy groups -OCH3 is 1. The lowest BCUT2D eigenvalue weighted by Gasteiger charge is -2.31. The SMILES string of the molecule is C=C(/N=C\C=C(/C)NCC1CCN(C(C)=O)CC1)Nc1ccc(OC)c(OCCCN2CCCC2)c1. The number of nitrogens with one attached hydrogen (secondary N) is 2. The Balaban J connectivity index is 1.40. The van der Waals surface area contributed by atoms with E-state index >= 15 is 0 Å². The molecule has 0 bridgehead atoms. The molecule has 0 radical (unpaired) electrons. The minimum Gasteiger partial charge on any atom is -0.493 e. The van der Waals surface area contributed by atoms with Crippen LogP contribution < -0.4 is 20.1 Å². The minimum atomic E-state index is 0.175. The highest BCUT2D eigenvalue weighted by atomic mass is 16.5. The van der Waals surface area contributed by atoms with E-state index in [1.807, 2.05) is 36.1 Å². The average Bonchev–Trinajstić information content (AvgIpc) is 3.39. The summed E-state index contributed by atoms with van der Waals surface area (Å²) in [5.74, 6) is 2.74. The van der Waals surface area contributed by atoms with Crippen LogP contribution in [0.3, 0.4) is 0 Å². The van der Waals surface area contributed by atoms with Crippen molar-refractivity contribution in [3.05, 3.63) is 42.4 Å². The van der Waals surface area contributed by atoms with E-state index in [4.69, 9.17) is 9.47 Å². The van der Waals surface area contributed by atoms with Crippen LogP contribution in [0.15, 0.2) is 47.4 Å². The maximum Gasteiger partial charge on any atom is 0.219 e. The van der Waals surface area contributed by atoms with Crippen LogP contribution in [-0.2, 0) is 4.79 Å². The summed E-state index contributed by atoms with van der Waals surface area (Å²) in [6.45, 7) is 14.5. The van der Waals surface area contributed by atoms with Crippen molar-refractivity contribution in [3.8, 4) is 11.5 Å². The van der Waals surface area contributed by atoms with Crippen molar-refractivity contribution < 1.29 is 14.3 Å². The van der Waals surface area contributed by atoms with Crippen LogP contribution in [0.2, 0.25) is 0 Å². The summed E-state index contributed by atoms with van der Waals surface area (Å²) < 4.78 is 11.5. The van der Waals surface area contributed by atoms with Crippen molar-refractivity contribution >= 4 is 17.8 Å². The molecule has 0 spiro atoms. The number of hydrogen-bond donors (Lipinski definition) is 2. The van der Waals surface area contributed by atoms with E-state index in [1.165, 1.54) is 25.9 Å². The summed E-state index contributed by atoms with van der Waals surface area (Å²) in [7, 11) is 1.65. The zero-order chi connectivity index (χ0) is 25.8. The molecule has 0 saturated carbocycles. The third-order valence-corrected chi connectivity index (χ3v) is 6.81. The number of nitrogens with zero attached hydrogens (tertiary/aromatic N) is 3. The van der Waals surface area contributed by atoms with E-state index in [9.17, 15) is 4.79 Å². The molecular formula is C28H43N5O3. The lowest BCUT2D eigenvalue weighted by Crippen LogP contribution is -2.39. The molecule has 1 aromatic carbocycles. The minimum absolute atomic E-state index is 0.175. The second-order valence-electron chi connectivity index (χ2n) is 9.65. The highest BCUT2D eigenvalue weighted by Gasteiger charge is 2.20. The third kappa shape index (κ3) is 9.22. The van der Waals surface area contributed by atoms with Gasteiger partial charge in [0.25, 0.3) is 0 Å². The summed E-state index contributed by atoms with van der Waals surface area (Å²) in [6.07, 6.45) is 9.39. The number of amides is 1. The first-order valence-corrected chi connectivity index (χ1v) is 13.1. The van der Waals surface area contributed by atoms with Gasteiger partial charge in [-0.1, -0.05) is 6.58 Å². The van der Waals surface area contributed by atoms with Gasteiger partial charge < -0.3 is 29.9 Å². The van der Waals surface area contributed by atoms with E-state index in [-0.39, 0.29) is 5.91 Å². The highest BCUT2D eigenvalue weighted by molar-refractivity contribution is 5.74. The molecule has 1 amide bonds. The summed E-state index contributed by atoms with van der Waals surface area (Å²) in [4.78, 5) is 20.3. The van der Waals surface area contributed by atoms with E-state index in [0.29, 0.717) is 24.1 Å². The predicted molar refractivity (Wildman–Crippen MR) is 147 cm³/mol. The largest absolute Gasteiger partial charge is 0.493 e. The Bertz CT molecular complexity index is 916. The number of likely N-dealkylation sites (tertiary alicyclic amines) is 2. The molecule has 0 unspecified atom stereocenters. The summed E-state index contributed by atoms with van der Waals surface area (Å²) >= 11 is 0. The van der Waals surface area contributed by atoms with Crippen LogP contribution in [0, 0.1) is 5.92 Å². The van der Waals surface area contributed by atoms with E-state index < -0.39 is 0 Å². The van der Waals surface area contributed by atoms with Crippen LogP contribution >= 0.6 is 0 Å². The number of rotatable bonds is 13. The van der Waals surface area contributed by atoms with E-state index in [2.05, 4.69) is 27.1 Å². The second kappa shape index (κ2) is 14.5. The summed E-state index contributed by atoms with van der Waals surface area (Å²) in [5.41, 5.74) is 1.90. The van der Waals surface area contributed by atoms with Crippen LogP contribution in [0.5, 0.6) is 11.5 Å². The summed E-state index contributed by atoms with van der Waals surface area (Å²) in [6, 6.07) is 5.75. The van der Waals surface area contributed by atoms with E-state index in [0.717, 1.165) is 62.6 Å². The monoisotopic (exact) mass is 497 g/mol. The molecule has 2 heterocycles. The normalized spacial score (nSPS) is 17.4. The van der Waals surface area contributed by atoms with Crippen molar-refractivity contribution in [1.29, 1.82) is 0 Å². The van der Waals surface area contributed by atoms with Crippen molar-refractivity contribution in [2.75, 3.05) is 58.3 Å². The van der Waals surface area contributed by atoms with Gasteiger partial charge >= 0.3 is 0 Å². The Morgan fingerprint density at radius 3 is 2.61 bits per heavy atom. The van der Waals surface area contributed by atoms with Gasteiger partial charge in [-0.25, -0.2) is 4.99 Å². The van der Waals surface area contributed by atoms with Crippen LogP contribution in [0.4, 0.5) is 5.69 Å². The molecule has 0 aromatic heterocycles. The number of ether oxygens (including phenoxy) is 2. The van der Waals surface area contributed by atoms with E-state index in [1.54, 1.807) is 20.2 Å². The first-order valence-electron chi connectivity index (χ1n) is 13.1. The number of anilines is 1. The van der Waals surface area contributed by atoms with Gasteiger partial charge in [-0.05, 0) is 76.2 Å².